The molecule has 6 nitrogen and oxygen atoms in total. The number of methoxy groups -OCH3 is 1. The Hall–Kier alpha value is -1.79. The Kier molecular flexibility index (Phi) is 4.24. The van der Waals surface area contributed by atoms with E-state index in [1.54, 1.807) is 19.1 Å². The van der Waals surface area contributed by atoms with Gasteiger partial charge in [0.25, 0.3) is 0 Å². The normalized spacial score (nSPS) is 10.7. The van der Waals surface area contributed by atoms with Crippen LogP contribution >= 0.6 is 11.6 Å². The van der Waals surface area contributed by atoms with Gasteiger partial charge >= 0.3 is 0 Å². The minimum atomic E-state index is 0.0705. The summed E-state index contributed by atoms with van der Waals surface area (Å²) in [6.45, 7) is 2.57. The highest BCUT2D eigenvalue weighted by atomic mass is 35.5. The number of benzene rings is 1. The van der Waals surface area contributed by atoms with Gasteiger partial charge in [0.15, 0.2) is 17.3 Å². The lowest BCUT2D eigenvalue weighted by Crippen LogP contribution is -2.13. The monoisotopic (exact) mass is 283 g/mol. The van der Waals surface area contributed by atoms with Crippen LogP contribution in [0.4, 0.5) is 0 Å². The summed E-state index contributed by atoms with van der Waals surface area (Å²) in [5.74, 6) is 1.49. The fourth-order valence-corrected chi connectivity index (χ4v) is 1.87. The van der Waals surface area contributed by atoms with E-state index in [0.29, 0.717) is 41.1 Å². The van der Waals surface area contributed by atoms with Crippen molar-refractivity contribution in [2.75, 3.05) is 7.11 Å². The molecule has 2 rings (SSSR count). The second-order valence-electron chi connectivity index (χ2n) is 3.95. The Labute approximate surface area is 115 Å². The summed E-state index contributed by atoms with van der Waals surface area (Å²) in [4.78, 5) is 4.06. The summed E-state index contributed by atoms with van der Waals surface area (Å²) < 4.78 is 10.00. The molecular formula is C12H14ClN3O3. The average Bonchev–Trinajstić information content (AvgIpc) is 2.79. The molecule has 2 aromatic rings. The summed E-state index contributed by atoms with van der Waals surface area (Å²) in [7, 11) is 1.48. The van der Waals surface area contributed by atoms with Crippen LogP contribution in [0, 0.1) is 6.92 Å². The van der Waals surface area contributed by atoms with E-state index in [4.69, 9.17) is 20.9 Å². The van der Waals surface area contributed by atoms with E-state index in [1.165, 1.54) is 7.11 Å². The standard InChI is InChI=1S/C12H14ClN3O3/c1-7-15-11(19-16-7)6-14-5-8-3-9(13)4-10(18-2)12(8)17/h3-4,14,17H,5-6H2,1-2H3. The van der Waals surface area contributed by atoms with Gasteiger partial charge in [-0.1, -0.05) is 16.8 Å². The quantitative estimate of drug-likeness (QED) is 0.874. The lowest BCUT2D eigenvalue weighted by molar-refractivity contribution is 0.359. The van der Waals surface area contributed by atoms with Gasteiger partial charge in [-0.25, -0.2) is 0 Å². The van der Waals surface area contributed by atoms with Crippen molar-refractivity contribution >= 4 is 11.6 Å². The van der Waals surface area contributed by atoms with Crippen molar-refractivity contribution in [3.63, 3.8) is 0 Å². The number of aromatic nitrogens is 2. The average molecular weight is 284 g/mol. The summed E-state index contributed by atoms with van der Waals surface area (Å²) in [6, 6.07) is 3.23. The first-order valence-electron chi connectivity index (χ1n) is 5.65. The SMILES string of the molecule is COc1cc(Cl)cc(CNCc2nc(C)no2)c1O. The zero-order valence-electron chi connectivity index (χ0n) is 10.6. The molecule has 0 atom stereocenters. The number of rotatable bonds is 5. The van der Waals surface area contributed by atoms with E-state index >= 15 is 0 Å². The Morgan fingerprint density at radius 2 is 2.21 bits per heavy atom. The molecule has 0 aliphatic heterocycles. The van der Waals surface area contributed by atoms with E-state index in [2.05, 4.69) is 15.5 Å². The fraction of sp³-hybridized carbons (Fsp3) is 0.333. The molecule has 0 aliphatic carbocycles. The van der Waals surface area contributed by atoms with Crippen LogP contribution in [-0.2, 0) is 13.1 Å². The van der Waals surface area contributed by atoms with Gasteiger partial charge in [0.05, 0.1) is 13.7 Å². The highest BCUT2D eigenvalue weighted by Crippen LogP contribution is 2.33. The predicted molar refractivity (Wildman–Crippen MR) is 69.2 cm³/mol. The molecule has 1 heterocycles. The van der Waals surface area contributed by atoms with Crippen LogP contribution in [0.25, 0.3) is 0 Å². The van der Waals surface area contributed by atoms with Crippen molar-refractivity contribution in [3.8, 4) is 11.5 Å². The predicted octanol–water partition coefficient (Wildman–Crippen LogP) is 2.04. The highest BCUT2D eigenvalue weighted by Gasteiger charge is 2.10. The molecule has 0 radical (unpaired) electrons. The molecule has 19 heavy (non-hydrogen) atoms. The minimum absolute atomic E-state index is 0.0705. The van der Waals surface area contributed by atoms with E-state index in [9.17, 15) is 5.11 Å². The van der Waals surface area contributed by atoms with Crippen LogP contribution in [0.5, 0.6) is 11.5 Å². The Bertz CT molecular complexity index is 571. The first-order chi connectivity index (χ1) is 9.10. The molecular weight excluding hydrogens is 270 g/mol. The van der Waals surface area contributed by atoms with Crippen LogP contribution in [0.2, 0.25) is 5.02 Å². The van der Waals surface area contributed by atoms with Crippen LogP contribution in [-0.4, -0.2) is 22.4 Å². The van der Waals surface area contributed by atoms with Gasteiger partial charge < -0.3 is 19.7 Å². The number of halogens is 1. The van der Waals surface area contributed by atoms with Crippen LogP contribution in [0.3, 0.4) is 0 Å². The van der Waals surface area contributed by atoms with Gasteiger partial charge in [-0.05, 0) is 13.0 Å². The first-order valence-corrected chi connectivity index (χ1v) is 6.03. The van der Waals surface area contributed by atoms with Gasteiger partial charge in [-0.15, -0.1) is 0 Å². The number of hydrogen-bond acceptors (Lipinski definition) is 6. The molecule has 0 aliphatic rings. The molecule has 0 unspecified atom stereocenters. The van der Waals surface area contributed by atoms with E-state index in [0.717, 1.165) is 0 Å². The molecule has 1 aromatic heterocycles. The molecule has 0 spiro atoms. The summed E-state index contributed by atoms with van der Waals surface area (Å²) in [6.07, 6.45) is 0. The Morgan fingerprint density at radius 3 is 2.84 bits per heavy atom. The third kappa shape index (κ3) is 3.36. The summed E-state index contributed by atoms with van der Waals surface area (Å²) >= 11 is 5.94. The molecule has 0 amide bonds. The van der Waals surface area contributed by atoms with E-state index in [-0.39, 0.29) is 5.75 Å². The van der Waals surface area contributed by atoms with Gasteiger partial charge in [-0.3, -0.25) is 0 Å². The van der Waals surface area contributed by atoms with Crippen LogP contribution in [0.1, 0.15) is 17.3 Å². The van der Waals surface area contributed by atoms with Gasteiger partial charge in [0, 0.05) is 23.2 Å². The lowest BCUT2D eigenvalue weighted by Gasteiger charge is -2.10. The van der Waals surface area contributed by atoms with Gasteiger partial charge in [-0.2, -0.15) is 4.98 Å². The second-order valence-corrected chi connectivity index (χ2v) is 4.39. The van der Waals surface area contributed by atoms with E-state index in [1.807, 2.05) is 0 Å². The van der Waals surface area contributed by atoms with Crippen molar-refractivity contribution in [3.05, 3.63) is 34.4 Å². The maximum absolute atomic E-state index is 9.94. The third-order valence-electron chi connectivity index (χ3n) is 2.50. The smallest absolute Gasteiger partial charge is 0.240 e. The Morgan fingerprint density at radius 1 is 1.42 bits per heavy atom. The molecule has 0 fully saturated rings. The maximum Gasteiger partial charge on any atom is 0.240 e. The molecule has 7 heteroatoms. The van der Waals surface area contributed by atoms with Crippen molar-refractivity contribution < 1.29 is 14.4 Å². The number of nitrogens with zero attached hydrogens (tertiary/aromatic N) is 2. The number of ether oxygens (including phenoxy) is 1. The number of phenolic OH excluding ortho intramolecular Hbond substituents is 1. The van der Waals surface area contributed by atoms with Crippen LogP contribution in [0.15, 0.2) is 16.7 Å². The molecule has 0 bridgehead atoms. The molecule has 2 N–H and O–H groups in total. The topological polar surface area (TPSA) is 80.4 Å². The molecule has 0 saturated carbocycles. The minimum Gasteiger partial charge on any atom is -0.504 e. The fourth-order valence-electron chi connectivity index (χ4n) is 1.63. The van der Waals surface area contributed by atoms with Crippen molar-refractivity contribution in [2.45, 2.75) is 20.0 Å². The second kappa shape index (κ2) is 5.90. The van der Waals surface area contributed by atoms with E-state index < -0.39 is 0 Å². The summed E-state index contributed by atoms with van der Waals surface area (Å²) in [5.41, 5.74) is 0.639. The van der Waals surface area contributed by atoms with Crippen molar-refractivity contribution in [1.82, 2.24) is 15.5 Å². The zero-order chi connectivity index (χ0) is 13.8. The highest BCUT2D eigenvalue weighted by molar-refractivity contribution is 6.30. The summed E-state index contributed by atoms with van der Waals surface area (Å²) in [5, 5.41) is 17.2. The molecule has 1 aromatic carbocycles. The number of hydrogen-bond donors (Lipinski definition) is 2. The Balaban J connectivity index is 2.01. The maximum atomic E-state index is 9.94. The number of phenols is 1. The van der Waals surface area contributed by atoms with Gasteiger partial charge in [0.2, 0.25) is 5.89 Å². The number of aryl methyl sites for hydroxylation is 1. The first kappa shape index (κ1) is 13.6. The third-order valence-corrected chi connectivity index (χ3v) is 2.72. The lowest BCUT2D eigenvalue weighted by atomic mass is 10.2. The zero-order valence-corrected chi connectivity index (χ0v) is 11.4. The molecule has 102 valence electrons. The van der Waals surface area contributed by atoms with Gasteiger partial charge in [0.1, 0.15) is 0 Å². The van der Waals surface area contributed by atoms with Crippen LogP contribution < -0.4 is 10.1 Å². The largest absolute Gasteiger partial charge is 0.504 e. The van der Waals surface area contributed by atoms with Crippen molar-refractivity contribution in [2.24, 2.45) is 0 Å². The van der Waals surface area contributed by atoms with Crippen molar-refractivity contribution in [1.29, 1.82) is 0 Å². The number of nitrogens with one attached hydrogen (secondary N) is 1. The number of aromatic hydroxyl groups is 1. The molecule has 0 saturated heterocycles.